The van der Waals surface area contributed by atoms with Crippen molar-refractivity contribution in [1.29, 1.82) is 0 Å². The van der Waals surface area contributed by atoms with Gasteiger partial charge in [-0.25, -0.2) is 0 Å². The Kier molecular flexibility index (Phi) is 2.31. The van der Waals surface area contributed by atoms with Gasteiger partial charge in [-0.2, -0.15) is 0 Å². The fourth-order valence-corrected chi connectivity index (χ4v) is 1.89. The lowest BCUT2D eigenvalue weighted by Gasteiger charge is -2.11. The van der Waals surface area contributed by atoms with Gasteiger partial charge in [-0.15, -0.1) is 0 Å². The highest BCUT2D eigenvalue weighted by Gasteiger charge is 2.53. The molecule has 1 aliphatic rings. The zero-order valence-corrected chi connectivity index (χ0v) is 9.37. The van der Waals surface area contributed by atoms with Gasteiger partial charge >= 0.3 is 5.97 Å². The summed E-state index contributed by atoms with van der Waals surface area (Å²) < 4.78 is 5.72. The molecule has 2 rings (SSSR count). The van der Waals surface area contributed by atoms with Crippen LogP contribution in [0.4, 0.5) is 0 Å². The summed E-state index contributed by atoms with van der Waals surface area (Å²) in [7, 11) is 1.42. The van der Waals surface area contributed by atoms with Crippen LogP contribution in [0.15, 0.2) is 22.8 Å². The summed E-state index contributed by atoms with van der Waals surface area (Å²) in [5.41, 5.74) is 0.345. The summed E-state index contributed by atoms with van der Waals surface area (Å²) in [6.07, 6.45) is 3.37. The number of aromatic nitrogens is 1. The van der Waals surface area contributed by atoms with Crippen molar-refractivity contribution < 1.29 is 9.53 Å². The molecule has 4 heteroatoms. The summed E-state index contributed by atoms with van der Waals surface area (Å²) in [5.74, 6) is -0.178. The molecule has 74 valence electrons. The fourth-order valence-electron chi connectivity index (χ4n) is 1.55. The largest absolute Gasteiger partial charge is 0.468 e. The smallest absolute Gasteiger partial charge is 0.317 e. The van der Waals surface area contributed by atoms with Crippen molar-refractivity contribution in [3.8, 4) is 0 Å². The summed E-state index contributed by atoms with van der Waals surface area (Å²) in [6.45, 7) is 0. The van der Waals surface area contributed by atoms with Crippen molar-refractivity contribution in [2.45, 2.75) is 18.3 Å². The van der Waals surface area contributed by atoms with Gasteiger partial charge in [-0.1, -0.05) is 15.9 Å². The molecule has 0 unspecified atom stereocenters. The molecule has 1 aliphatic carbocycles. The second-order valence-electron chi connectivity index (χ2n) is 3.43. The third-order valence-electron chi connectivity index (χ3n) is 2.54. The maximum absolute atomic E-state index is 11.5. The summed E-state index contributed by atoms with van der Waals surface area (Å²) in [5, 5.41) is 0. The van der Waals surface area contributed by atoms with Crippen LogP contribution in [-0.2, 0) is 14.9 Å². The number of carbonyl (C=O) groups is 1. The van der Waals surface area contributed by atoms with E-state index in [0.717, 1.165) is 23.0 Å². The maximum atomic E-state index is 11.5. The van der Waals surface area contributed by atoms with Crippen LogP contribution < -0.4 is 0 Å². The van der Waals surface area contributed by atoms with Crippen molar-refractivity contribution in [2.24, 2.45) is 0 Å². The molecular formula is C10H10BrNO2. The van der Waals surface area contributed by atoms with Crippen LogP contribution in [0.1, 0.15) is 18.5 Å². The van der Waals surface area contributed by atoms with E-state index in [1.807, 2.05) is 12.1 Å². The summed E-state index contributed by atoms with van der Waals surface area (Å²) in [4.78, 5) is 15.7. The first-order valence-electron chi connectivity index (χ1n) is 4.39. The third-order valence-corrected chi connectivity index (χ3v) is 3.03. The van der Waals surface area contributed by atoms with E-state index in [1.165, 1.54) is 7.11 Å². The minimum atomic E-state index is -0.460. The predicted molar refractivity (Wildman–Crippen MR) is 54.9 cm³/mol. The molecular weight excluding hydrogens is 246 g/mol. The third kappa shape index (κ3) is 1.43. The van der Waals surface area contributed by atoms with Gasteiger partial charge in [0.15, 0.2) is 0 Å². The van der Waals surface area contributed by atoms with Crippen molar-refractivity contribution in [2.75, 3.05) is 7.11 Å². The van der Waals surface area contributed by atoms with Gasteiger partial charge < -0.3 is 4.74 Å². The van der Waals surface area contributed by atoms with Crippen LogP contribution in [0.3, 0.4) is 0 Å². The Morgan fingerprint density at radius 1 is 1.64 bits per heavy atom. The number of nitrogens with zero attached hydrogens (tertiary/aromatic N) is 1. The van der Waals surface area contributed by atoms with Crippen molar-refractivity contribution in [3.05, 3.63) is 28.5 Å². The molecule has 0 aliphatic heterocycles. The fraction of sp³-hybridized carbons (Fsp3) is 0.400. The van der Waals surface area contributed by atoms with Crippen LogP contribution in [-0.4, -0.2) is 18.1 Å². The molecule has 0 bridgehead atoms. The molecule has 1 aromatic rings. The van der Waals surface area contributed by atoms with E-state index >= 15 is 0 Å². The second-order valence-corrected chi connectivity index (χ2v) is 4.35. The van der Waals surface area contributed by atoms with E-state index in [2.05, 4.69) is 20.9 Å². The highest BCUT2D eigenvalue weighted by atomic mass is 79.9. The summed E-state index contributed by atoms with van der Waals surface area (Å²) >= 11 is 3.36. The first-order valence-corrected chi connectivity index (χ1v) is 5.19. The topological polar surface area (TPSA) is 39.2 Å². The minimum absolute atomic E-state index is 0.178. The normalized spacial score (nSPS) is 17.6. The van der Waals surface area contributed by atoms with Crippen LogP contribution in [0.25, 0.3) is 0 Å². The Hall–Kier alpha value is -0.900. The predicted octanol–water partition coefficient (Wildman–Crippen LogP) is 2.05. The molecule has 0 atom stereocenters. The van der Waals surface area contributed by atoms with E-state index in [0.29, 0.717) is 0 Å². The first-order chi connectivity index (χ1) is 6.69. The summed E-state index contributed by atoms with van der Waals surface area (Å²) in [6, 6.07) is 3.72. The Balaban J connectivity index is 2.35. The highest BCUT2D eigenvalue weighted by molar-refractivity contribution is 9.10. The van der Waals surface area contributed by atoms with Gasteiger partial charge in [0, 0.05) is 10.7 Å². The molecule has 1 heterocycles. The van der Waals surface area contributed by atoms with Crippen LogP contribution in [0.5, 0.6) is 0 Å². The van der Waals surface area contributed by atoms with Gasteiger partial charge in [0.2, 0.25) is 0 Å². The number of carbonyl (C=O) groups excluding carboxylic acids is 1. The van der Waals surface area contributed by atoms with Gasteiger partial charge in [-0.3, -0.25) is 9.78 Å². The van der Waals surface area contributed by atoms with Crippen molar-refractivity contribution in [1.82, 2.24) is 4.98 Å². The van der Waals surface area contributed by atoms with Gasteiger partial charge in [0.05, 0.1) is 12.8 Å². The van der Waals surface area contributed by atoms with E-state index < -0.39 is 5.41 Å². The lowest BCUT2D eigenvalue weighted by atomic mass is 10.0. The number of ether oxygens (including phenoxy) is 1. The van der Waals surface area contributed by atoms with E-state index in [-0.39, 0.29) is 5.97 Å². The van der Waals surface area contributed by atoms with Gasteiger partial charge in [-0.05, 0) is 25.0 Å². The molecule has 1 saturated carbocycles. The highest BCUT2D eigenvalue weighted by Crippen LogP contribution is 2.48. The Labute approximate surface area is 90.6 Å². The van der Waals surface area contributed by atoms with Crippen LogP contribution >= 0.6 is 15.9 Å². The average molecular weight is 256 g/mol. The Morgan fingerprint density at radius 2 is 2.36 bits per heavy atom. The molecule has 0 spiro atoms. The molecule has 0 radical (unpaired) electrons. The molecule has 0 N–H and O–H groups in total. The number of rotatable bonds is 2. The van der Waals surface area contributed by atoms with E-state index in [4.69, 9.17) is 4.74 Å². The number of esters is 1. The standard InChI is InChI=1S/C10H10BrNO2/c1-14-9(13)10(3-4-10)8-6-7(11)2-5-12-8/h2,5-6H,3-4H2,1H3. The first kappa shape index (κ1) is 9.65. The Bertz CT molecular complexity index is 374. The average Bonchev–Trinajstić information content (AvgIpc) is 2.97. The van der Waals surface area contributed by atoms with E-state index in [1.54, 1.807) is 6.20 Å². The molecule has 1 aromatic heterocycles. The molecule has 0 aromatic carbocycles. The molecule has 0 saturated heterocycles. The van der Waals surface area contributed by atoms with Gasteiger partial charge in [0.1, 0.15) is 5.41 Å². The lowest BCUT2D eigenvalue weighted by molar-refractivity contribution is -0.143. The minimum Gasteiger partial charge on any atom is -0.468 e. The SMILES string of the molecule is COC(=O)C1(c2cc(Br)ccn2)CC1. The molecule has 3 nitrogen and oxygen atoms in total. The van der Waals surface area contributed by atoms with Gasteiger partial charge in [0.25, 0.3) is 0 Å². The number of halogens is 1. The maximum Gasteiger partial charge on any atom is 0.317 e. The van der Waals surface area contributed by atoms with Crippen LogP contribution in [0, 0.1) is 0 Å². The van der Waals surface area contributed by atoms with Crippen LogP contribution in [0.2, 0.25) is 0 Å². The molecule has 14 heavy (non-hydrogen) atoms. The number of hydrogen-bond acceptors (Lipinski definition) is 3. The van der Waals surface area contributed by atoms with Crippen molar-refractivity contribution in [3.63, 3.8) is 0 Å². The monoisotopic (exact) mass is 255 g/mol. The number of methoxy groups -OCH3 is 1. The second kappa shape index (κ2) is 3.35. The zero-order valence-electron chi connectivity index (χ0n) is 7.79. The quantitative estimate of drug-likeness (QED) is 0.760. The Morgan fingerprint density at radius 3 is 2.86 bits per heavy atom. The molecule has 0 amide bonds. The molecule has 1 fully saturated rings. The lowest BCUT2D eigenvalue weighted by Crippen LogP contribution is -2.22. The number of hydrogen-bond donors (Lipinski definition) is 0. The van der Waals surface area contributed by atoms with Crippen molar-refractivity contribution >= 4 is 21.9 Å². The number of pyridine rings is 1. The zero-order chi connectivity index (χ0) is 10.2. The van der Waals surface area contributed by atoms with E-state index in [9.17, 15) is 4.79 Å².